The van der Waals surface area contributed by atoms with Crippen molar-refractivity contribution in [3.8, 4) is 5.75 Å². The number of ether oxygens (including phenoxy) is 1. The molecule has 16 heavy (non-hydrogen) atoms. The first kappa shape index (κ1) is 12.6. The molecule has 0 unspecified atom stereocenters. The van der Waals surface area contributed by atoms with Gasteiger partial charge in [0.05, 0.1) is 6.61 Å². The second-order valence-corrected chi connectivity index (χ2v) is 3.34. The first-order valence-electron chi connectivity index (χ1n) is 5.05. The van der Waals surface area contributed by atoms with Gasteiger partial charge in [-0.2, -0.15) is 0 Å². The predicted octanol–water partition coefficient (Wildman–Crippen LogP) is 2.64. The van der Waals surface area contributed by atoms with Crippen molar-refractivity contribution < 1.29 is 13.5 Å². The van der Waals surface area contributed by atoms with E-state index in [1.165, 1.54) is 12.1 Å². The molecule has 1 rings (SSSR count). The average molecular weight is 227 g/mol. The number of hydrogen-bond acceptors (Lipinski definition) is 2. The van der Waals surface area contributed by atoms with Gasteiger partial charge in [0.15, 0.2) is 17.4 Å². The topological polar surface area (TPSA) is 21.3 Å². The molecule has 1 aromatic rings. The van der Waals surface area contributed by atoms with Crippen molar-refractivity contribution >= 4 is 0 Å². The van der Waals surface area contributed by atoms with E-state index in [0.29, 0.717) is 18.5 Å². The maximum Gasteiger partial charge on any atom is 0.190 e. The second-order valence-electron chi connectivity index (χ2n) is 3.34. The van der Waals surface area contributed by atoms with Crippen molar-refractivity contribution in [2.75, 3.05) is 13.7 Å². The summed E-state index contributed by atoms with van der Waals surface area (Å²) in [4.78, 5) is 0. The van der Waals surface area contributed by atoms with Gasteiger partial charge in [-0.05, 0) is 31.2 Å². The van der Waals surface area contributed by atoms with Crippen LogP contribution in [0.1, 0.15) is 12.0 Å². The van der Waals surface area contributed by atoms with Crippen LogP contribution in [-0.2, 0) is 6.54 Å². The number of hydrogen-bond donors (Lipinski definition) is 1. The maximum absolute atomic E-state index is 13.4. The van der Waals surface area contributed by atoms with Crippen molar-refractivity contribution in [2.24, 2.45) is 0 Å². The normalized spacial score (nSPS) is 10.2. The van der Waals surface area contributed by atoms with Crippen molar-refractivity contribution in [3.63, 3.8) is 0 Å². The fourth-order valence-electron chi connectivity index (χ4n) is 1.30. The Morgan fingerprint density at radius 3 is 2.50 bits per heavy atom. The molecule has 0 fully saturated rings. The highest BCUT2D eigenvalue weighted by Crippen LogP contribution is 2.23. The van der Waals surface area contributed by atoms with Crippen LogP contribution in [0, 0.1) is 11.6 Å². The van der Waals surface area contributed by atoms with E-state index < -0.39 is 11.6 Å². The molecule has 0 bridgehead atoms. The Morgan fingerprint density at radius 1 is 1.38 bits per heavy atom. The summed E-state index contributed by atoms with van der Waals surface area (Å²) in [5.74, 6) is -1.66. The lowest BCUT2D eigenvalue weighted by atomic mass is 10.2. The molecular weight excluding hydrogens is 212 g/mol. The maximum atomic E-state index is 13.4. The Labute approximate surface area is 93.9 Å². The van der Waals surface area contributed by atoms with Gasteiger partial charge in [0.1, 0.15) is 0 Å². The van der Waals surface area contributed by atoms with Crippen LogP contribution in [0.4, 0.5) is 8.78 Å². The highest BCUT2D eigenvalue weighted by Gasteiger charge is 2.11. The van der Waals surface area contributed by atoms with Crippen LogP contribution in [0.5, 0.6) is 5.75 Å². The lowest BCUT2D eigenvalue weighted by Crippen LogP contribution is -2.07. The van der Waals surface area contributed by atoms with Crippen molar-refractivity contribution in [2.45, 2.75) is 13.0 Å². The number of nitrogens with one attached hydrogen (secondary N) is 1. The highest BCUT2D eigenvalue weighted by molar-refractivity contribution is 5.31. The molecule has 1 aromatic carbocycles. The Kier molecular flexibility index (Phi) is 4.92. The summed E-state index contributed by atoms with van der Waals surface area (Å²) in [6.45, 7) is 4.14. The van der Waals surface area contributed by atoms with E-state index >= 15 is 0 Å². The van der Waals surface area contributed by atoms with E-state index in [1.54, 1.807) is 13.1 Å². The summed E-state index contributed by atoms with van der Waals surface area (Å²) in [7, 11) is 1.71. The lowest BCUT2D eigenvalue weighted by Gasteiger charge is -2.09. The predicted molar refractivity (Wildman–Crippen MR) is 59.4 cm³/mol. The Bertz CT molecular complexity index is 343. The van der Waals surface area contributed by atoms with Crippen LogP contribution in [0.3, 0.4) is 0 Å². The van der Waals surface area contributed by atoms with E-state index in [4.69, 9.17) is 4.74 Å². The van der Waals surface area contributed by atoms with Gasteiger partial charge < -0.3 is 10.1 Å². The minimum Gasteiger partial charge on any atom is -0.487 e. The summed E-state index contributed by atoms with van der Waals surface area (Å²) in [5.41, 5.74) is 0.550. The fraction of sp³-hybridized carbons (Fsp3) is 0.333. The smallest absolute Gasteiger partial charge is 0.190 e. The van der Waals surface area contributed by atoms with Gasteiger partial charge in [-0.1, -0.05) is 6.08 Å². The number of rotatable bonds is 6. The first-order chi connectivity index (χ1) is 7.69. The molecule has 0 spiro atoms. The largest absolute Gasteiger partial charge is 0.487 e. The molecule has 0 atom stereocenters. The summed E-state index contributed by atoms with van der Waals surface area (Å²) >= 11 is 0. The van der Waals surface area contributed by atoms with Crippen molar-refractivity contribution in [1.29, 1.82) is 0 Å². The van der Waals surface area contributed by atoms with Crippen LogP contribution >= 0.6 is 0 Å². The third-order valence-corrected chi connectivity index (χ3v) is 2.01. The zero-order chi connectivity index (χ0) is 12.0. The van der Waals surface area contributed by atoms with Crippen molar-refractivity contribution in [1.82, 2.24) is 5.32 Å². The molecule has 88 valence electrons. The average Bonchev–Trinajstić information content (AvgIpc) is 2.23. The molecule has 0 heterocycles. The van der Waals surface area contributed by atoms with Crippen LogP contribution in [0.15, 0.2) is 24.8 Å². The molecule has 0 aromatic heterocycles. The Morgan fingerprint density at radius 2 is 2.00 bits per heavy atom. The van der Waals surface area contributed by atoms with Crippen molar-refractivity contribution in [3.05, 3.63) is 42.0 Å². The standard InChI is InChI=1S/C12H15F2NO/c1-3-4-5-16-12-10(13)6-9(8-15-2)7-11(12)14/h3,6-7,15H,1,4-5,8H2,2H3. The second kappa shape index (κ2) is 6.23. The summed E-state index contributed by atoms with van der Waals surface area (Å²) in [5, 5.41) is 2.82. The van der Waals surface area contributed by atoms with E-state index in [2.05, 4.69) is 11.9 Å². The zero-order valence-corrected chi connectivity index (χ0v) is 9.22. The molecule has 0 saturated carbocycles. The summed E-state index contributed by atoms with van der Waals surface area (Å²) < 4.78 is 31.9. The van der Waals surface area contributed by atoms with Gasteiger partial charge >= 0.3 is 0 Å². The molecule has 1 N–H and O–H groups in total. The molecule has 0 aliphatic heterocycles. The summed E-state index contributed by atoms with van der Waals surface area (Å²) in [6, 6.07) is 2.53. The Hall–Kier alpha value is -1.42. The molecule has 4 heteroatoms. The van der Waals surface area contributed by atoms with E-state index in [9.17, 15) is 8.78 Å². The molecule has 0 saturated heterocycles. The van der Waals surface area contributed by atoms with E-state index in [1.807, 2.05) is 0 Å². The minimum atomic E-state index is -0.672. The molecule has 0 amide bonds. The minimum absolute atomic E-state index is 0.225. The molecule has 0 aliphatic rings. The SMILES string of the molecule is C=CCCOc1c(F)cc(CNC)cc1F. The van der Waals surface area contributed by atoms with Gasteiger partial charge in [0.2, 0.25) is 0 Å². The number of benzene rings is 1. The third kappa shape index (κ3) is 3.31. The molecule has 2 nitrogen and oxygen atoms in total. The van der Waals surface area contributed by atoms with Gasteiger partial charge in [0, 0.05) is 6.54 Å². The van der Waals surface area contributed by atoms with Gasteiger partial charge in [-0.25, -0.2) is 8.78 Å². The van der Waals surface area contributed by atoms with Crippen LogP contribution in [0.2, 0.25) is 0 Å². The third-order valence-electron chi connectivity index (χ3n) is 2.01. The van der Waals surface area contributed by atoms with Gasteiger partial charge in [-0.15, -0.1) is 6.58 Å². The molecular formula is C12H15F2NO. The quantitative estimate of drug-likeness (QED) is 0.596. The molecule has 0 aliphatic carbocycles. The van der Waals surface area contributed by atoms with Gasteiger partial charge in [0.25, 0.3) is 0 Å². The lowest BCUT2D eigenvalue weighted by molar-refractivity contribution is 0.290. The van der Waals surface area contributed by atoms with E-state index in [0.717, 1.165) is 0 Å². The Balaban J connectivity index is 2.80. The van der Waals surface area contributed by atoms with Crippen LogP contribution < -0.4 is 10.1 Å². The van der Waals surface area contributed by atoms with E-state index in [-0.39, 0.29) is 12.4 Å². The number of halogens is 2. The zero-order valence-electron chi connectivity index (χ0n) is 9.22. The monoisotopic (exact) mass is 227 g/mol. The van der Waals surface area contributed by atoms with Crippen LogP contribution in [0.25, 0.3) is 0 Å². The van der Waals surface area contributed by atoms with Gasteiger partial charge in [-0.3, -0.25) is 0 Å². The highest BCUT2D eigenvalue weighted by atomic mass is 19.1. The first-order valence-corrected chi connectivity index (χ1v) is 5.05. The molecule has 0 radical (unpaired) electrons. The van der Waals surface area contributed by atoms with Crippen LogP contribution in [-0.4, -0.2) is 13.7 Å². The summed E-state index contributed by atoms with van der Waals surface area (Å²) in [6.07, 6.45) is 2.18. The fourth-order valence-corrected chi connectivity index (χ4v) is 1.30.